The van der Waals surface area contributed by atoms with E-state index in [0.717, 1.165) is 0 Å². The normalized spacial score (nSPS) is 19.7. The van der Waals surface area contributed by atoms with Crippen LogP contribution in [0.1, 0.15) is 70.6 Å². The Hall–Kier alpha value is -2.46. The van der Waals surface area contributed by atoms with Crippen LogP contribution in [-0.2, 0) is 28.4 Å². The van der Waals surface area contributed by atoms with Gasteiger partial charge < -0.3 is 14.5 Å². The Labute approximate surface area is 195 Å². The van der Waals surface area contributed by atoms with Crippen molar-refractivity contribution in [2.24, 2.45) is 0 Å². The van der Waals surface area contributed by atoms with Gasteiger partial charge in [0.15, 0.2) is 0 Å². The number of rotatable bonds is 4. The molecule has 2 amide bonds. The Bertz CT molecular complexity index is 860. The molecule has 11 heteroatoms. The number of carbonyl (C=O) groups is 2. The number of carbonyl (C=O) groups excluding carboxylic acids is 2. The number of hydrogen-bond acceptors (Lipinski definition) is 3. The van der Waals surface area contributed by atoms with Crippen LogP contribution >= 0.6 is 0 Å². The molecule has 1 aromatic carbocycles. The molecule has 0 aromatic heterocycles. The van der Waals surface area contributed by atoms with E-state index in [0.29, 0.717) is 31.4 Å². The van der Waals surface area contributed by atoms with Crippen LogP contribution in [0.25, 0.3) is 0 Å². The highest BCUT2D eigenvalue weighted by Crippen LogP contribution is 2.37. The van der Waals surface area contributed by atoms with Gasteiger partial charge in [-0.2, -0.15) is 26.3 Å². The van der Waals surface area contributed by atoms with Crippen LogP contribution in [0.3, 0.4) is 0 Å². The third-order valence-corrected chi connectivity index (χ3v) is 5.63. The van der Waals surface area contributed by atoms with E-state index in [1.165, 1.54) is 11.8 Å². The van der Waals surface area contributed by atoms with Gasteiger partial charge in [0, 0.05) is 32.1 Å². The zero-order valence-electron chi connectivity index (χ0n) is 19.8. The van der Waals surface area contributed by atoms with Gasteiger partial charge in [0.1, 0.15) is 5.60 Å². The Balaban J connectivity index is 2.30. The van der Waals surface area contributed by atoms with E-state index >= 15 is 0 Å². The summed E-state index contributed by atoms with van der Waals surface area (Å²) >= 11 is 0. The van der Waals surface area contributed by atoms with Crippen LogP contribution in [0.5, 0.6) is 0 Å². The highest BCUT2D eigenvalue weighted by molar-refractivity contribution is 5.74. The fourth-order valence-electron chi connectivity index (χ4n) is 4.07. The van der Waals surface area contributed by atoms with Gasteiger partial charge in [0.2, 0.25) is 5.91 Å². The number of nitrogens with zero attached hydrogens (tertiary/aromatic N) is 2. The first-order valence-electron chi connectivity index (χ1n) is 11.0. The van der Waals surface area contributed by atoms with E-state index in [9.17, 15) is 35.9 Å². The summed E-state index contributed by atoms with van der Waals surface area (Å²) in [7, 11) is 0. The topological polar surface area (TPSA) is 49.9 Å². The van der Waals surface area contributed by atoms with Crippen molar-refractivity contribution in [2.45, 2.75) is 90.5 Å². The molecule has 0 N–H and O–H groups in total. The van der Waals surface area contributed by atoms with E-state index in [1.54, 1.807) is 25.7 Å². The van der Waals surface area contributed by atoms with Crippen LogP contribution in [0, 0.1) is 0 Å². The minimum atomic E-state index is -4.97. The minimum absolute atomic E-state index is 0.0635. The molecule has 1 heterocycles. The van der Waals surface area contributed by atoms with Crippen LogP contribution in [-0.4, -0.2) is 46.0 Å². The molecule has 0 aliphatic carbocycles. The van der Waals surface area contributed by atoms with Crippen molar-refractivity contribution >= 4 is 12.0 Å². The third kappa shape index (κ3) is 7.27. The summed E-state index contributed by atoms with van der Waals surface area (Å²) in [5.41, 5.74) is -3.81. The SMILES string of the molecule is CCC1CC(N(Cc2cc(C(F)(F)F)cc(C(F)(F)F)c2)C(C)=O)CCN1C(=O)OC(C)(C)C. The van der Waals surface area contributed by atoms with Crippen molar-refractivity contribution in [3.63, 3.8) is 0 Å². The van der Waals surface area contributed by atoms with E-state index in [2.05, 4.69) is 0 Å². The molecule has 0 bridgehead atoms. The number of halogens is 6. The molecule has 0 saturated carbocycles. The molecular weight excluding hydrogens is 466 g/mol. The summed E-state index contributed by atoms with van der Waals surface area (Å²) in [6.07, 6.45) is -9.24. The summed E-state index contributed by atoms with van der Waals surface area (Å²) in [4.78, 5) is 27.8. The Morgan fingerprint density at radius 2 is 1.56 bits per heavy atom. The molecule has 0 spiro atoms. The molecule has 2 unspecified atom stereocenters. The zero-order valence-corrected chi connectivity index (χ0v) is 19.8. The molecule has 2 atom stereocenters. The second-order valence-corrected chi connectivity index (χ2v) is 9.48. The summed E-state index contributed by atoms with van der Waals surface area (Å²) in [5.74, 6) is -0.475. The van der Waals surface area contributed by atoms with E-state index in [1.807, 2.05) is 6.92 Å². The first kappa shape index (κ1) is 27.8. The van der Waals surface area contributed by atoms with Crippen molar-refractivity contribution in [3.05, 3.63) is 34.9 Å². The lowest BCUT2D eigenvalue weighted by Crippen LogP contribution is -2.53. The minimum Gasteiger partial charge on any atom is -0.444 e. The second kappa shape index (κ2) is 10.0. The molecular formula is C23H30F6N2O3. The number of piperidine rings is 1. The molecule has 1 aromatic rings. The quantitative estimate of drug-likeness (QED) is 0.463. The summed E-state index contributed by atoms with van der Waals surface area (Å²) in [6, 6.07) is 0.595. The molecule has 1 aliphatic heterocycles. The summed E-state index contributed by atoms with van der Waals surface area (Å²) < 4.78 is 84.8. The molecule has 192 valence electrons. The monoisotopic (exact) mass is 496 g/mol. The van der Waals surface area contributed by atoms with Gasteiger partial charge in [0.05, 0.1) is 11.1 Å². The fraction of sp³-hybridized carbons (Fsp3) is 0.652. The first-order valence-corrected chi connectivity index (χ1v) is 11.0. The number of benzene rings is 1. The molecule has 0 radical (unpaired) electrons. The lowest BCUT2D eigenvalue weighted by molar-refractivity contribution is -0.143. The summed E-state index contributed by atoms with van der Waals surface area (Å²) in [5, 5.41) is 0. The third-order valence-electron chi connectivity index (χ3n) is 5.63. The lowest BCUT2D eigenvalue weighted by atomic mass is 9.93. The maximum absolute atomic E-state index is 13.2. The van der Waals surface area contributed by atoms with Crippen LogP contribution < -0.4 is 0 Å². The van der Waals surface area contributed by atoms with Crippen molar-refractivity contribution in [1.29, 1.82) is 0 Å². The fourth-order valence-corrected chi connectivity index (χ4v) is 4.07. The van der Waals surface area contributed by atoms with E-state index in [-0.39, 0.29) is 24.2 Å². The van der Waals surface area contributed by atoms with E-state index in [4.69, 9.17) is 4.74 Å². The molecule has 1 saturated heterocycles. The van der Waals surface area contributed by atoms with Crippen LogP contribution in [0.2, 0.25) is 0 Å². The first-order chi connectivity index (χ1) is 15.4. The van der Waals surface area contributed by atoms with Crippen molar-refractivity contribution in [2.75, 3.05) is 6.54 Å². The van der Waals surface area contributed by atoms with Crippen molar-refractivity contribution in [1.82, 2.24) is 9.80 Å². The van der Waals surface area contributed by atoms with Crippen molar-refractivity contribution < 1.29 is 40.7 Å². The standard InChI is InChI=1S/C23H30F6N2O3/c1-6-18-12-19(7-8-30(18)20(33)34-21(3,4)5)31(14(2)32)13-15-9-16(22(24,25)26)11-17(10-15)23(27,28)29/h9-11,18-19H,6-8,12-13H2,1-5H3. The van der Waals surface area contributed by atoms with Crippen LogP contribution in [0.15, 0.2) is 18.2 Å². The highest BCUT2D eigenvalue weighted by atomic mass is 19.4. The van der Waals surface area contributed by atoms with Gasteiger partial charge >= 0.3 is 18.4 Å². The van der Waals surface area contributed by atoms with Gasteiger partial charge in [0.25, 0.3) is 0 Å². The smallest absolute Gasteiger partial charge is 0.416 e. The molecule has 1 aliphatic rings. The molecule has 2 rings (SSSR count). The van der Waals surface area contributed by atoms with Gasteiger partial charge in [-0.05, 0) is 63.8 Å². The zero-order chi connectivity index (χ0) is 26.1. The Morgan fingerprint density at radius 3 is 1.97 bits per heavy atom. The number of likely N-dealkylation sites (tertiary alicyclic amines) is 1. The largest absolute Gasteiger partial charge is 0.444 e. The Kier molecular flexibility index (Phi) is 8.20. The lowest BCUT2D eigenvalue weighted by Gasteiger charge is -2.43. The molecule has 5 nitrogen and oxygen atoms in total. The van der Waals surface area contributed by atoms with E-state index < -0.39 is 53.7 Å². The highest BCUT2D eigenvalue weighted by Gasteiger charge is 2.39. The average molecular weight is 496 g/mol. The van der Waals surface area contributed by atoms with Crippen molar-refractivity contribution in [3.8, 4) is 0 Å². The number of alkyl halides is 6. The predicted octanol–water partition coefficient (Wildman–Crippen LogP) is 6.25. The molecule has 1 fully saturated rings. The Morgan fingerprint density at radius 1 is 1.03 bits per heavy atom. The number of hydrogen-bond donors (Lipinski definition) is 0. The number of ether oxygens (including phenoxy) is 1. The van der Waals surface area contributed by atoms with Gasteiger partial charge in [-0.15, -0.1) is 0 Å². The number of amides is 2. The summed E-state index contributed by atoms with van der Waals surface area (Å²) in [6.45, 7) is 8.12. The average Bonchev–Trinajstić information content (AvgIpc) is 2.68. The molecule has 34 heavy (non-hydrogen) atoms. The van der Waals surface area contributed by atoms with Crippen LogP contribution in [0.4, 0.5) is 31.1 Å². The maximum atomic E-state index is 13.2. The van der Waals surface area contributed by atoms with Gasteiger partial charge in [-0.1, -0.05) is 6.92 Å². The van der Waals surface area contributed by atoms with Gasteiger partial charge in [-0.3, -0.25) is 4.79 Å². The van der Waals surface area contributed by atoms with Gasteiger partial charge in [-0.25, -0.2) is 4.79 Å². The second-order valence-electron chi connectivity index (χ2n) is 9.48. The predicted molar refractivity (Wildman–Crippen MR) is 113 cm³/mol. The maximum Gasteiger partial charge on any atom is 0.416 e.